The summed E-state index contributed by atoms with van der Waals surface area (Å²) in [7, 11) is 0. The topological polar surface area (TPSA) is 78.8 Å². The highest BCUT2D eigenvalue weighted by Gasteiger charge is 2.35. The molecular formula is C27H19F6N5. The first-order valence-electron chi connectivity index (χ1n) is 11.6. The van der Waals surface area contributed by atoms with Crippen molar-refractivity contribution in [1.29, 1.82) is 5.26 Å². The second-order valence-electron chi connectivity index (χ2n) is 8.99. The number of hydrogen-bond donors (Lipinski definition) is 1. The largest absolute Gasteiger partial charge is 0.417 e. The van der Waals surface area contributed by atoms with E-state index in [2.05, 4.69) is 9.97 Å². The lowest BCUT2D eigenvalue weighted by atomic mass is 9.95. The van der Waals surface area contributed by atoms with E-state index >= 15 is 0 Å². The first kappa shape index (κ1) is 25.5. The molecule has 1 saturated heterocycles. The van der Waals surface area contributed by atoms with Crippen molar-refractivity contribution >= 4 is 16.9 Å². The van der Waals surface area contributed by atoms with Gasteiger partial charge in [-0.3, -0.25) is 0 Å². The van der Waals surface area contributed by atoms with Crippen LogP contribution in [0.5, 0.6) is 0 Å². The van der Waals surface area contributed by atoms with E-state index in [4.69, 9.17) is 11.0 Å². The van der Waals surface area contributed by atoms with Gasteiger partial charge in [-0.1, -0.05) is 18.2 Å². The lowest BCUT2D eigenvalue weighted by Crippen LogP contribution is -2.49. The summed E-state index contributed by atoms with van der Waals surface area (Å²) in [4.78, 5) is 10.6. The molecular weight excluding hydrogens is 508 g/mol. The molecule has 0 radical (unpaired) electrons. The fourth-order valence-electron chi connectivity index (χ4n) is 4.54. The van der Waals surface area contributed by atoms with Crippen molar-refractivity contribution in [2.75, 3.05) is 18.0 Å². The van der Waals surface area contributed by atoms with Crippen molar-refractivity contribution < 1.29 is 26.3 Å². The summed E-state index contributed by atoms with van der Waals surface area (Å²) in [6.45, 7) is 0.284. The second-order valence-corrected chi connectivity index (χ2v) is 8.99. The third-order valence-electron chi connectivity index (χ3n) is 6.53. The van der Waals surface area contributed by atoms with Crippen LogP contribution in [0.15, 0.2) is 54.6 Å². The first-order valence-corrected chi connectivity index (χ1v) is 11.6. The molecule has 0 spiro atoms. The van der Waals surface area contributed by atoms with Crippen LogP contribution in [0.25, 0.3) is 33.3 Å². The van der Waals surface area contributed by atoms with Crippen LogP contribution >= 0.6 is 0 Å². The second kappa shape index (κ2) is 9.61. The highest BCUT2D eigenvalue weighted by atomic mass is 19.4. The van der Waals surface area contributed by atoms with E-state index in [0.29, 0.717) is 13.0 Å². The van der Waals surface area contributed by atoms with Gasteiger partial charge in [0.1, 0.15) is 23.9 Å². The van der Waals surface area contributed by atoms with Crippen molar-refractivity contribution in [3.8, 4) is 28.5 Å². The van der Waals surface area contributed by atoms with E-state index in [1.54, 1.807) is 11.0 Å². The van der Waals surface area contributed by atoms with Gasteiger partial charge in [-0.05, 0) is 48.4 Å². The number of rotatable bonds is 3. The molecule has 1 fully saturated rings. The number of alkyl halides is 4. The van der Waals surface area contributed by atoms with Crippen LogP contribution in [0.3, 0.4) is 0 Å². The summed E-state index contributed by atoms with van der Waals surface area (Å²) in [5, 5.41) is 9.32. The molecule has 4 aromatic rings. The predicted molar refractivity (Wildman–Crippen MR) is 130 cm³/mol. The third kappa shape index (κ3) is 4.63. The minimum Gasteiger partial charge on any atom is -0.338 e. The molecule has 3 aromatic carbocycles. The van der Waals surface area contributed by atoms with Crippen LogP contribution < -0.4 is 10.6 Å². The SMILES string of the molecule is N#Cc1ccc(-c2nc(N3CC[C@@H](N)[C@@H](F)C3)nc3ccc(-c4c(F)cccc4C(F)(F)F)cc23)cc1F. The van der Waals surface area contributed by atoms with Crippen molar-refractivity contribution in [2.45, 2.75) is 24.8 Å². The standard InChI is InChI=1S/C27H19F6N5/c28-19-3-1-2-18(27(31,32)33)24(19)14-6-7-23-17(10-14)25(15-4-5-16(12-34)20(29)11-15)37-26(36-23)38-9-8-22(35)21(30)13-38/h1-7,10-11,21-22H,8-9,13,35H2/t21-,22+/m0/s1. The molecule has 1 aliphatic rings. The van der Waals surface area contributed by atoms with Gasteiger partial charge in [0.15, 0.2) is 0 Å². The summed E-state index contributed by atoms with van der Waals surface area (Å²) in [5.41, 5.74) is 4.30. The molecule has 2 N–H and O–H groups in total. The van der Waals surface area contributed by atoms with Gasteiger partial charge in [0.05, 0.1) is 28.9 Å². The van der Waals surface area contributed by atoms with Gasteiger partial charge >= 0.3 is 6.18 Å². The number of nitrogens with two attached hydrogens (primary N) is 1. The molecule has 0 amide bonds. The quantitative estimate of drug-likeness (QED) is 0.330. The van der Waals surface area contributed by atoms with Gasteiger partial charge in [-0.15, -0.1) is 0 Å². The predicted octanol–water partition coefficient (Wildman–Crippen LogP) is 6.01. The number of anilines is 1. The van der Waals surface area contributed by atoms with Crippen LogP contribution in [0.1, 0.15) is 17.5 Å². The number of nitrogens with zero attached hydrogens (tertiary/aromatic N) is 4. The maximum Gasteiger partial charge on any atom is 0.417 e. The molecule has 5 nitrogen and oxygen atoms in total. The normalized spacial score (nSPS) is 18.0. The van der Waals surface area contributed by atoms with E-state index in [-0.39, 0.29) is 45.8 Å². The van der Waals surface area contributed by atoms with Crippen molar-refractivity contribution in [1.82, 2.24) is 9.97 Å². The molecule has 5 rings (SSSR count). The smallest absolute Gasteiger partial charge is 0.338 e. The van der Waals surface area contributed by atoms with E-state index in [1.165, 1.54) is 30.3 Å². The Kier molecular flexibility index (Phi) is 6.44. The maximum absolute atomic E-state index is 14.7. The van der Waals surface area contributed by atoms with Gasteiger partial charge < -0.3 is 10.6 Å². The summed E-state index contributed by atoms with van der Waals surface area (Å²) in [6, 6.07) is 11.6. The molecule has 0 saturated carbocycles. The van der Waals surface area contributed by atoms with Crippen LogP contribution in [0.4, 0.5) is 32.3 Å². The Bertz CT molecular complexity index is 1580. The highest BCUT2D eigenvalue weighted by Crippen LogP contribution is 2.40. The average Bonchev–Trinajstić information content (AvgIpc) is 2.88. The highest BCUT2D eigenvalue weighted by molar-refractivity contribution is 5.96. The van der Waals surface area contributed by atoms with Crippen molar-refractivity contribution in [3.63, 3.8) is 0 Å². The Balaban J connectivity index is 1.74. The van der Waals surface area contributed by atoms with Crippen LogP contribution in [-0.4, -0.2) is 35.3 Å². The monoisotopic (exact) mass is 527 g/mol. The summed E-state index contributed by atoms with van der Waals surface area (Å²) in [6.07, 6.45) is -5.80. The molecule has 11 heteroatoms. The number of aromatic nitrogens is 2. The Morgan fingerprint density at radius 3 is 2.42 bits per heavy atom. The van der Waals surface area contributed by atoms with Crippen LogP contribution in [0.2, 0.25) is 0 Å². The summed E-state index contributed by atoms with van der Waals surface area (Å²) >= 11 is 0. The number of halogens is 6. The molecule has 0 unspecified atom stereocenters. The number of benzene rings is 3. The zero-order valence-corrected chi connectivity index (χ0v) is 19.6. The van der Waals surface area contributed by atoms with Gasteiger partial charge in [-0.25, -0.2) is 23.1 Å². The van der Waals surface area contributed by atoms with Crippen LogP contribution in [-0.2, 0) is 6.18 Å². The molecule has 38 heavy (non-hydrogen) atoms. The number of nitriles is 1. The Hall–Kier alpha value is -4.17. The van der Waals surface area contributed by atoms with E-state index in [1.807, 2.05) is 0 Å². The van der Waals surface area contributed by atoms with E-state index < -0.39 is 41.2 Å². The minimum absolute atomic E-state index is 0.0733. The van der Waals surface area contributed by atoms with Crippen molar-refractivity contribution in [3.05, 3.63) is 77.4 Å². The number of fused-ring (bicyclic) bond motifs is 1. The minimum atomic E-state index is -4.82. The van der Waals surface area contributed by atoms with E-state index in [9.17, 15) is 26.3 Å². The fourth-order valence-corrected chi connectivity index (χ4v) is 4.54. The molecule has 0 bridgehead atoms. The lowest BCUT2D eigenvalue weighted by Gasteiger charge is -2.33. The zero-order valence-electron chi connectivity index (χ0n) is 19.6. The average molecular weight is 527 g/mol. The van der Waals surface area contributed by atoms with Gasteiger partial charge in [-0.2, -0.15) is 18.4 Å². The number of piperidine rings is 1. The third-order valence-corrected chi connectivity index (χ3v) is 6.53. The van der Waals surface area contributed by atoms with E-state index in [0.717, 1.165) is 24.3 Å². The van der Waals surface area contributed by atoms with Gasteiger partial charge in [0.2, 0.25) is 5.95 Å². The molecule has 194 valence electrons. The summed E-state index contributed by atoms with van der Waals surface area (Å²) < 4.78 is 84.8. The van der Waals surface area contributed by atoms with Crippen LogP contribution in [0, 0.1) is 23.0 Å². The molecule has 2 heterocycles. The number of hydrogen-bond acceptors (Lipinski definition) is 5. The Morgan fingerprint density at radius 1 is 0.974 bits per heavy atom. The summed E-state index contributed by atoms with van der Waals surface area (Å²) in [5.74, 6) is -1.77. The van der Waals surface area contributed by atoms with Crippen molar-refractivity contribution in [2.24, 2.45) is 5.73 Å². The first-order chi connectivity index (χ1) is 18.1. The fraction of sp³-hybridized carbons (Fsp3) is 0.222. The molecule has 0 aliphatic carbocycles. The Labute approximate surface area is 213 Å². The van der Waals surface area contributed by atoms with Gasteiger partial charge in [0.25, 0.3) is 0 Å². The molecule has 1 aromatic heterocycles. The Morgan fingerprint density at radius 2 is 1.74 bits per heavy atom. The molecule has 2 atom stereocenters. The zero-order chi connectivity index (χ0) is 27.2. The maximum atomic E-state index is 14.7. The lowest BCUT2D eigenvalue weighted by molar-refractivity contribution is -0.137. The van der Waals surface area contributed by atoms with Gasteiger partial charge in [0, 0.05) is 29.1 Å². The molecule has 1 aliphatic heterocycles.